The van der Waals surface area contributed by atoms with Gasteiger partial charge >= 0.3 is 0 Å². The van der Waals surface area contributed by atoms with Crippen LogP contribution in [-0.2, 0) is 16.0 Å². The zero-order valence-electron chi connectivity index (χ0n) is 26.9. The van der Waals surface area contributed by atoms with E-state index in [1.165, 1.54) is 0 Å². The van der Waals surface area contributed by atoms with Crippen molar-refractivity contribution in [1.29, 1.82) is 0 Å². The highest BCUT2D eigenvalue weighted by atomic mass is 35.5. The quantitative estimate of drug-likeness (QED) is 0.139. The number of rotatable bonds is 14. The topological polar surface area (TPSA) is 151 Å². The zero-order valence-corrected chi connectivity index (χ0v) is 27.7. The smallest absolute Gasteiger partial charge is 0.247 e. The Morgan fingerprint density at radius 1 is 0.979 bits per heavy atom. The van der Waals surface area contributed by atoms with Gasteiger partial charge in [-0.3, -0.25) is 9.59 Å². The molecular weight excluding hydrogens is 616 g/mol. The molecule has 5 rings (SSSR count). The first kappa shape index (κ1) is 34.0. The number of hydrogen-bond donors (Lipinski definition) is 4. The Bertz CT molecular complexity index is 1580. The van der Waals surface area contributed by atoms with Gasteiger partial charge in [0, 0.05) is 48.0 Å². The monoisotopic (exact) mass is 658 g/mol. The minimum atomic E-state index is -0.765. The number of nitrogens with two attached hydrogens (primary N) is 1. The fraction of sp³-hybridized carbons (Fsp3) is 0.400. The summed E-state index contributed by atoms with van der Waals surface area (Å²) < 4.78 is 5.76. The van der Waals surface area contributed by atoms with E-state index in [0.29, 0.717) is 42.9 Å². The molecule has 0 unspecified atom stereocenters. The van der Waals surface area contributed by atoms with E-state index >= 15 is 0 Å². The van der Waals surface area contributed by atoms with Gasteiger partial charge in [-0.15, -0.1) is 10.2 Å². The lowest BCUT2D eigenvalue weighted by Gasteiger charge is -2.28. The van der Waals surface area contributed by atoms with Crippen LogP contribution >= 0.6 is 11.6 Å². The Labute approximate surface area is 280 Å². The van der Waals surface area contributed by atoms with Gasteiger partial charge in [0.05, 0.1) is 6.61 Å². The number of carbonyl (C=O) groups excluding carboxylic acids is 2. The maximum Gasteiger partial charge on any atom is 0.247 e. The van der Waals surface area contributed by atoms with Gasteiger partial charge in [0.15, 0.2) is 5.82 Å². The zero-order chi connectivity index (χ0) is 33.2. The van der Waals surface area contributed by atoms with Crippen molar-refractivity contribution in [3.05, 3.63) is 77.7 Å². The first-order chi connectivity index (χ1) is 22.8. The summed E-state index contributed by atoms with van der Waals surface area (Å²) >= 11 is 5.86. The number of pyridine rings is 1. The molecule has 12 heteroatoms. The van der Waals surface area contributed by atoms with Crippen LogP contribution in [0, 0.1) is 11.8 Å². The lowest BCUT2D eigenvalue weighted by molar-refractivity contribution is -0.130. The van der Waals surface area contributed by atoms with Crippen molar-refractivity contribution < 1.29 is 14.3 Å². The standard InChI is InChI=1S/C35H43ClN8O3/c1-44(2)18-3-19-47-31-17-14-28(22-38-31)25-8-4-23(5-9-25)20-30(40-33(45)27-10-6-24(21-37)7-11-27)34(46)39-29-15-12-26(13-16-29)32-41-35(36)43-42-32/h4-5,8-9,12-17,22,24,27,30H,3,6-7,10-11,18-21,37H2,1-2H3,(H,39,46)(H,40,45)(H,41,42,43)/t24-,27-,30-/m0/s1. The Balaban J connectivity index is 1.24. The SMILES string of the molecule is CN(C)CCCOc1ccc(-c2ccc(C[C@H](NC(=O)[C@H]3CC[C@H](CN)CC3)C(=O)Nc3ccc(-c4nnc(Cl)[nH]4)cc3)cc2)cn1. The van der Waals surface area contributed by atoms with Gasteiger partial charge in [-0.05, 0) is 112 Å². The summed E-state index contributed by atoms with van der Waals surface area (Å²) in [4.78, 5) is 36.5. The number of benzene rings is 2. The van der Waals surface area contributed by atoms with Gasteiger partial charge in [0.2, 0.25) is 23.0 Å². The average Bonchev–Trinajstić information content (AvgIpc) is 3.53. The van der Waals surface area contributed by atoms with Crippen molar-refractivity contribution in [2.24, 2.45) is 17.6 Å². The van der Waals surface area contributed by atoms with Gasteiger partial charge in [0.1, 0.15) is 6.04 Å². The summed E-state index contributed by atoms with van der Waals surface area (Å²) in [5.41, 5.74) is 10.1. The molecule has 0 radical (unpaired) electrons. The number of nitrogens with zero attached hydrogens (tertiary/aromatic N) is 4. The molecule has 2 aromatic carbocycles. The Morgan fingerprint density at radius 2 is 1.68 bits per heavy atom. The van der Waals surface area contributed by atoms with Crippen LogP contribution in [0.2, 0.25) is 5.28 Å². The summed E-state index contributed by atoms with van der Waals surface area (Å²) in [6.45, 7) is 2.21. The van der Waals surface area contributed by atoms with E-state index in [4.69, 9.17) is 22.1 Å². The van der Waals surface area contributed by atoms with Crippen LogP contribution in [0.15, 0.2) is 66.9 Å². The molecule has 0 bridgehead atoms. The first-order valence-corrected chi connectivity index (χ1v) is 16.5. The highest BCUT2D eigenvalue weighted by molar-refractivity contribution is 6.28. The highest BCUT2D eigenvalue weighted by Crippen LogP contribution is 2.29. The van der Waals surface area contributed by atoms with E-state index in [-0.39, 0.29) is 23.0 Å². The molecule has 1 aliphatic carbocycles. The Hall–Kier alpha value is -4.32. The number of aromatic amines is 1. The van der Waals surface area contributed by atoms with E-state index in [9.17, 15) is 9.59 Å². The average molecular weight is 659 g/mol. The molecule has 47 heavy (non-hydrogen) atoms. The molecule has 1 aliphatic rings. The summed E-state index contributed by atoms with van der Waals surface area (Å²) in [6, 6.07) is 18.3. The van der Waals surface area contributed by atoms with Crippen LogP contribution in [0.4, 0.5) is 5.69 Å². The third kappa shape index (κ3) is 9.84. The molecule has 1 saturated carbocycles. The number of ether oxygens (including phenoxy) is 1. The Morgan fingerprint density at radius 3 is 2.30 bits per heavy atom. The van der Waals surface area contributed by atoms with E-state index in [2.05, 4.69) is 35.7 Å². The summed E-state index contributed by atoms with van der Waals surface area (Å²) in [7, 11) is 4.08. The fourth-order valence-corrected chi connectivity index (χ4v) is 5.86. The maximum absolute atomic E-state index is 13.6. The van der Waals surface area contributed by atoms with Crippen LogP contribution in [0.5, 0.6) is 5.88 Å². The van der Waals surface area contributed by atoms with E-state index in [1.54, 1.807) is 18.3 Å². The predicted molar refractivity (Wildman–Crippen MR) is 184 cm³/mol. The summed E-state index contributed by atoms with van der Waals surface area (Å²) in [5, 5.41) is 14.0. The first-order valence-electron chi connectivity index (χ1n) is 16.1. The van der Waals surface area contributed by atoms with Crippen LogP contribution in [0.25, 0.3) is 22.5 Å². The Kier molecular flexibility index (Phi) is 11.9. The molecule has 2 aromatic heterocycles. The number of anilines is 1. The van der Waals surface area contributed by atoms with Gasteiger partial charge < -0.3 is 31.0 Å². The van der Waals surface area contributed by atoms with E-state index < -0.39 is 6.04 Å². The minimum absolute atomic E-state index is 0.0927. The van der Waals surface area contributed by atoms with Gasteiger partial charge in [0.25, 0.3) is 0 Å². The molecule has 5 N–H and O–H groups in total. The lowest BCUT2D eigenvalue weighted by atomic mass is 9.81. The van der Waals surface area contributed by atoms with Crippen molar-refractivity contribution in [2.45, 2.75) is 44.6 Å². The number of amides is 2. The highest BCUT2D eigenvalue weighted by Gasteiger charge is 2.29. The second kappa shape index (κ2) is 16.5. The van der Waals surface area contributed by atoms with Gasteiger partial charge in [-0.2, -0.15) is 0 Å². The van der Waals surface area contributed by atoms with Gasteiger partial charge in [-0.25, -0.2) is 4.98 Å². The number of aromatic nitrogens is 4. The second-order valence-electron chi connectivity index (χ2n) is 12.3. The van der Waals surface area contributed by atoms with Crippen LogP contribution in [0.1, 0.15) is 37.7 Å². The second-order valence-corrected chi connectivity index (χ2v) is 12.7. The number of H-pyrrole nitrogens is 1. The van der Waals surface area contributed by atoms with Crippen LogP contribution in [0.3, 0.4) is 0 Å². The normalized spacial score (nSPS) is 16.9. The maximum atomic E-state index is 13.6. The third-order valence-corrected chi connectivity index (χ3v) is 8.70. The molecule has 1 fully saturated rings. The predicted octanol–water partition coefficient (Wildman–Crippen LogP) is 4.95. The van der Waals surface area contributed by atoms with Crippen molar-refractivity contribution in [3.63, 3.8) is 0 Å². The molecule has 2 heterocycles. The molecule has 0 saturated heterocycles. The van der Waals surface area contributed by atoms with Crippen LogP contribution < -0.4 is 21.1 Å². The molecule has 248 valence electrons. The van der Waals surface area contributed by atoms with Gasteiger partial charge in [-0.1, -0.05) is 24.3 Å². The van der Waals surface area contributed by atoms with Crippen molar-refractivity contribution in [2.75, 3.05) is 39.1 Å². The fourth-order valence-electron chi connectivity index (χ4n) is 5.73. The minimum Gasteiger partial charge on any atom is -0.478 e. The van der Waals surface area contributed by atoms with Crippen molar-refractivity contribution in [3.8, 4) is 28.4 Å². The summed E-state index contributed by atoms with van der Waals surface area (Å²) in [5.74, 6) is 1.07. The number of carbonyl (C=O) groups is 2. The molecule has 2 amide bonds. The number of halogens is 1. The van der Waals surface area contributed by atoms with Crippen molar-refractivity contribution in [1.82, 2.24) is 30.4 Å². The van der Waals surface area contributed by atoms with Crippen molar-refractivity contribution >= 4 is 29.1 Å². The molecule has 11 nitrogen and oxygen atoms in total. The number of nitrogens with one attached hydrogen (secondary N) is 3. The number of hydrogen-bond acceptors (Lipinski definition) is 8. The molecule has 0 spiro atoms. The van der Waals surface area contributed by atoms with E-state index in [0.717, 1.165) is 60.9 Å². The third-order valence-electron chi connectivity index (χ3n) is 8.53. The lowest BCUT2D eigenvalue weighted by Crippen LogP contribution is -2.48. The largest absolute Gasteiger partial charge is 0.478 e. The molecular formula is C35H43ClN8O3. The summed E-state index contributed by atoms with van der Waals surface area (Å²) in [6.07, 6.45) is 6.47. The molecule has 0 aliphatic heterocycles. The van der Waals surface area contributed by atoms with Crippen LogP contribution in [-0.4, -0.2) is 76.7 Å². The van der Waals surface area contributed by atoms with E-state index in [1.807, 2.05) is 62.6 Å². The molecule has 4 aromatic rings. The molecule has 1 atom stereocenters.